The van der Waals surface area contributed by atoms with E-state index in [2.05, 4.69) is 50.6 Å². The number of methoxy groups -OCH3 is 1. The summed E-state index contributed by atoms with van der Waals surface area (Å²) in [7, 11) is 1.65. The quantitative estimate of drug-likeness (QED) is 0.315. The molecule has 200 valence electrons. The number of amides is 1. The summed E-state index contributed by atoms with van der Waals surface area (Å²) in [6.45, 7) is 1.67. The number of carbonyl (C=O) groups excluding carboxylic acids is 1. The summed E-state index contributed by atoms with van der Waals surface area (Å²) in [6, 6.07) is 17.8. The highest BCUT2D eigenvalue weighted by molar-refractivity contribution is 5.95. The lowest BCUT2D eigenvalue weighted by atomic mass is 9.89. The zero-order chi connectivity index (χ0) is 27.2. The van der Waals surface area contributed by atoms with Gasteiger partial charge >= 0.3 is 0 Å². The molecule has 0 bridgehead atoms. The Morgan fingerprint density at radius 3 is 2.60 bits per heavy atom. The Labute approximate surface area is 230 Å². The van der Waals surface area contributed by atoms with E-state index in [1.165, 1.54) is 0 Å². The molecule has 1 saturated heterocycles. The molecule has 2 aromatic carbocycles. The average Bonchev–Trinajstić information content (AvgIpc) is 3.69. The van der Waals surface area contributed by atoms with Crippen LogP contribution in [0.2, 0.25) is 0 Å². The number of fused-ring (bicyclic) bond motifs is 2. The number of rotatable bonds is 7. The fourth-order valence-electron chi connectivity index (χ4n) is 5.57. The van der Waals surface area contributed by atoms with Crippen molar-refractivity contribution < 1.29 is 14.3 Å². The number of nitrogens with one attached hydrogen (secondary N) is 1. The number of hydrogen-bond donors (Lipinski definition) is 1. The van der Waals surface area contributed by atoms with Gasteiger partial charge in [-0.3, -0.25) is 9.78 Å². The molecule has 2 aliphatic rings. The molecule has 0 radical (unpaired) electrons. The molecule has 0 atom stereocenters. The van der Waals surface area contributed by atoms with Crippen molar-refractivity contribution in [1.29, 1.82) is 0 Å². The third kappa shape index (κ3) is 4.24. The monoisotopic (exact) mass is 532 g/mol. The van der Waals surface area contributed by atoms with Crippen LogP contribution >= 0.6 is 0 Å². The highest BCUT2D eigenvalue weighted by Gasteiger charge is 2.41. The number of allylic oxidation sites excluding steroid dienone is 2. The summed E-state index contributed by atoms with van der Waals surface area (Å²) >= 11 is 0. The molecule has 1 amide bonds. The van der Waals surface area contributed by atoms with E-state index in [0.29, 0.717) is 36.9 Å². The van der Waals surface area contributed by atoms with Gasteiger partial charge in [0.25, 0.3) is 11.7 Å². The third-order valence-corrected chi connectivity index (χ3v) is 7.93. The maximum atomic E-state index is 13.1. The van der Waals surface area contributed by atoms with E-state index in [-0.39, 0.29) is 11.3 Å². The topological polar surface area (TPSA) is 104 Å². The molecule has 1 aliphatic carbocycles. The number of imidazole rings is 1. The minimum Gasteiger partial charge on any atom is -0.382 e. The van der Waals surface area contributed by atoms with Crippen molar-refractivity contribution in [2.24, 2.45) is 0 Å². The van der Waals surface area contributed by atoms with Gasteiger partial charge in [-0.15, -0.1) is 0 Å². The number of carbonyl (C=O) groups is 1. The Morgan fingerprint density at radius 2 is 1.82 bits per heavy atom. The summed E-state index contributed by atoms with van der Waals surface area (Å²) in [5.74, 6) is 0.404. The molecule has 5 aromatic rings. The number of pyridine rings is 1. The summed E-state index contributed by atoms with van der Waals surface area (Å²) in [5.41, 5.74) is 4.35. The van der Waals surface area contributed by atoms with Crippen LogP contribution in [0, 0.1) is 0 Å². The van der Waals surface area contributed by atoms with Crippen molar-refractivity contribution in [2.75, 3.05) is 26.9 Å². The highest BCUT2D eigenvalue weighted by atomic mass is 16.5. The fraction of sp³-hybridized carbons (Fsp3) is 0.258. The molecule has 9 heteroatoms. The Kier molecular flexibility index (Phi) is 5.91. The second-order valence-corrected chi connectivity index (χ2v) is 10.5. The SMILES string of the molecule is COCC1(NC(=O)c2ccc(-c3cnc4ncc(C5(c6ccc7ncccc7c6)C=C5)n4n3)cc2)CCOCC1. The smallest absolute Gasteiger partial charge is 0.251 e. The first-order valence-corrected chi connectivity index (χ1v) is 13.4. The van der Waals surface area contributed by atoms with E-state index in [9.17, 15) is 4.79 Å². The molecule has 1 N–H and O–H groups in total. The molecule has 40 heavy (non-hydrogen) atoms. The molecule has 4 heterocycles. The van der Waals surface area contributed by atoms with Gasteiger partial charge < -0.3 is 14.8 Å². The number of hydrogen-bond acceptors (Lipinski definition) is 7. The van der Waals surface area contributed by atoms with Crippen LogP contribution in [0.15, 0.2) is 85.3 Å². The van der Waals surface area contributed by atoms with Gasteiger partial charge in [-0.25, -0.2) is 9.97 Å². The number of nitrogens with zero attached hydrogens (tertiary/aromatic N) is 5. The van der Waals surface area contributed by atoms with Crippen LogP contribution in [0.25, 0.3) is 27.9 Å². The van der Waals surface area contributed by atoms with E-state index in [4.69, 9.17) is 14.6 Å². The molecule has 1 aliphatic heterocycles. The van der Waals surface area contributed by atoms with Gasteiger partial charge in [0.15, 0.2) is 0 Å². The summed E-state index contributed by atoms with van der Waals surface area (Å²) < 4.78 is 12.7. The van der Waals surface area contributed by atoms with Crippen LogP contribution in [0.1, 0.15) is 34.5 Å². The van der Waals surface area contributed by atoms with E-state index in [0.717, 1.165) is 40.6 Å². The molecular weight excluding hydrogens is 504 g/mol. The number of aromatic nitrogens is 5. The molecule has 9 nitrogen and oxygen atoms in total. The first kappa shape index (κ1) is 24.6. The molecule has 3 aromatic heterocycles. The molecular formula is C31H28N6O3. The lowest BCUT2D eigenvalue weighted by molar-refractivity contribution is 0.00205. The molecule has 0 spiro atoms. The second-order valence-electron chi connectivity index (χ2n) is 10.5. The summed E-state index contributed by atoms with van der Waals surface area (Å²) in [4.78, 5) is 26.6. The Bertz CT molecular complexity index is 1740. The first-order valence-electron chi connectivity index (χ1n) is 13.4. The van der Waals surface area contributed by atoms with Crippen LogP contribution in [-0.2, 0) is 14.9 Å². The largest absolute Gasteiger partial charge is 0.382 e. The van der Waals surface area contributed by atoms with Crippen molar-refractivity contribution in [3.63, 3.8) is 0 Å². The van der Waals surface area contributed by atoms with Crippen LogP contribution in [0.5, 0.6) is 0 Å². The van der Waals surface area contributed by atoms with Gasteiger partial charge in [0, 0.05) is 43.0 Å². The standard InChI is InChI=1S/C31H28N6O3/c1-39-20-30(12-15-40-16-13-30)35-28(38)22-6-4-21(5-7-22)26-18-33-29-34-19-27(37(29)36-26)31(10-11-31)24-8-9-25-23(17-24)3-2-14-32-25/h2-11,14,17-19H,12-13,15-16,20H2,1H3,(H,35,38). The van der Waals surface area contributed by atoms with Crippen LogP contribution in [0.4, 0.5) is 0 Å². The third-order valence-electron chi connectivity index (χ3n) is 7.93. The Morgan fingerprint density at radius 1 is 1.02 bits per heavy atom. The normalized spacial score (nSPS) is 17.2. The fourth-order valence-corrected chi connectivity index (χ4v) is 5.57. The van der Waals surface area contributed by atoms with Crippen molar-refractivity contribution in [3.8, 4) is 11.3 Å². The zero-order valence-corrected chi connectivity index (χ0v) is 22.1. The lowest BCUT2D eigenvalue weighted by Gasteiger charge is -2.37. The molecule has 0 saturated carbocycles. The van der Waals surface area contributed by atoms with Gasteiger partial charge in [0.2, 0.25) is 0 Å². The predicted molar refractivity (Wildman–Crippen MR) is 150 cm³/mol. The lowest BCUT2D eigenvalue weighted by Crippen LogP contribution is -2.55. The maximum absolute atomic E-state index is 13.1. The second kappa shape index (κ2) is 9.62. The highest BCUT2D eigenvalue weighted by Crippen LogP contribution is 2.45. The van der Waals surface area contributed by atoms with Crippen LogP contribution < -0.4 is 5.32 Å². The van der Waals surface area contributed by atoms with Crippen molar-refractivity contribution in [3.05, 3.63) is 102 Å². The first-order chi connectivity index (χ1) is 19.6. The van der Waals surface area contributed by atoms with Crippen molar-refractivity contribution in [1.82, 2.24) is 29.9 Å². The average molecular weight is 533 g/mol. The van der Waals surface area contributed by atoms with Crippen molar-refractivity contribution >= 4 is 22.6 Å². The van der Waals surface area contributed by atoms with Gasteiger partial charge in [0.1, 0.15) is 5.69 Å². The Balaban J connectivity index is 1.16. The van der Waals surface area contributed by atoms with Gasteiger partial charge in [-0.1, -0.05) is 36.4 Å². The molecule has 0 unspecified atom stereocenters. The van der Waals surface area contributed by atoms with E-state index in [1.54, 1.807) is 19.5 Å². The van der Waals surface area contributed by atoms with Gasteiger partial charge in [-0.05, 0) is 48.7 Å². The molecule has 7 rings (SSSR count). The molecule has 1 fully saturated rings. The Hall–Kier alpha value is -4.47. The van der Waals surface area contributed by atoms with Crippen molar-refractivity contribution in [2.45, 2.75) is 23.8 Å². The van der Waals surface area contributed by atoms with E-state index >= 15 is 0 Å². The van der Waals surface area contributed by atoms with Gasteiger partial charge in [0.05, 0.1) is 41.2 Å². The minimum atomic E-state index is -0.411. The number of ether oxygens (including phenoxy) is 2. The number of benzene rings is 2. The maximum Gasteiger partial charge on any atom is 0.251 e. The van der Waals surface area contributed by atoms with Crippen LogP contribution in [-0.4, -0.2) is 62.9 Å². The van der Waals surface area contributed by atoms with E-state index in [1.807, 2.05) is 47.1 Å². The van der Waals surface area contributed by atoms with Crippen LogP contribution in [0.3, 0.4) is 0 Å². The zero-order valence-electron chi connectivity index (χ0n) is 22.1. The minimum absolute atomic E-state index is 0.128. The predicted octanol–water partition coefficient (Wildman–Crippen LogP) is 4.12. The van der Waals surface area contributed by atoms with E-state index < -0.39 is 5.54 Å². The summed E-state index contributed by atoms with van der Waals surface area (Å²) in [6.07, 6.45) is 11.1. The summed E-state index contributed by atoms with van der Waals surface area (Å²) in [5, 5.41) is 9.19. The van der Waals surface area contributed by atoms with Gasteiger partial charge in [-0.2, -0.15) is 9.61 Å².